The lowest BCUT2D eigenvalue weighted by atomic mass is 10.0. The van der Waals surface area contributed by atoms with Crippen LogP contribution in [0, 0.1) is 5.82 Å². The number of halogens is 1. The standard InChI is InChI=1S/C33H23FN6O/c34-24-8-4-7-22(12-24)28-18-36-19-31-26(28)15-30(38-31)33-27-14-21(9-10-29(27)39-40-33)23-13-25(17-35-16-23)37-32(41)11-20-5-2-1-3-6-20/h1-10,12-19,38H,11H2,(H,37,41)(H,39,40). The monoisotopic (exact) mass is 538 g/mol. The first kappa shape index (κ1) is 24.4. The Balaban J connectivity index is 1.21. The van der Waals surface area contributed by atoms with Crippen molar-refractivity contribution in [3.8, 4) is 33.6 Å². The number of aromatic nitrogens is 5. The molecule has 8 heteroatoms. The van der Waals surface area contributed by atoms with Crippen molar-refractivity contribution in [3.63, 3.8) is 0 Å². The summed E-state index contributed by atoms with van der Waals surface area (Å²) in [5, 5.41) is 12.5. The molecule has 4 heterocycles. The van der Waals surface area contributed by atoms with Gasteiger partial charge in [-0.3, -0.25) is 19.9 Å². The Hall–Kier alpha value is -5.63. The van der Waals surface area contributed by atoms with Crippen LogP contribution in [0.5, 0.6) is 0 Å². The molecule has 7 rings (SSSR count). The van der Waals surface area contributed by atoms with Crippen LogP contribution in [0.4, 0.5) is 10.1 Å². The van der Waals surface area contributed by atoms with Crippen LogP contribution in [-0.2, 0) is 11.2 Å². The molecule has 7 aromatic rings. The molecular formula is C33H23FN6O. The van der Waals surface area contributed by atoms with Gasteiger partial charge in [0.2, 0.25) is 5.91 Å². The van der Waals surface area contributed by atoms with Crippen LogP contribution in [0.25, 0.3) is 55.4 Å². The second-order valence-corrected chi connectivity index (χ2v) is 9.85. The highest BCUT2D eigenvalue weighted by Crippen LogP contribution is 2.35. The van der Waals surface area contributed by atoms with E-state index in [-0.39, 0.29) is 18.1 Å². The van der Waals surface area contributed by atoms with E-state index in [1.54, 1.807) is 30.9 Å². The Kier molecular flexibility index (Phi) is 6.05. The van der Waals surface area contributed by atoms with Crippen LogP contribution in [0.1, 0.15) is 5.56 Å². The minimum Gasteiger partial charge on any atom is -0.352 e. The highest BCUT2D eigenvalue weighted by Gasteiger charge is 2.15. The van der Waals surface area contributed by atoms with E-state index >= 15 is 0 Å². The maximum absolute atomic E-state index is 13.9. The lowest BCUT2D eigenvalue weighted by molar-refractivity contribution is -0.115. The quantitative estimate of drug-likeness (QED) is 0.209. The number of benzene rings is 3. The molecule has 0 aliphatic rings. The van der Waals surface area contributed by atoms with Gasteiger partial charge in [-0.15, -0.1) is 0 Å². The zero-order chi connectivity index (χ0) is 27.8. The summed E-state index contributed by atoms with van der Waals surface area (Å²) in [7, 11) is 0. The molecule has 198 valence electrons. The van der Waals surface area contributed by atoms with Crippen molar-refractivity contribution in [2.24, 2.45) is 0 Å². The summed E-state index contributed by atoms with van der Waals surface area (Å²) in [6, 6.07) is 26.1. The van der Waals surface area contributed by atoms with Gasteiger partial charge < -0.3 is 10.3 Å². The third-order valence-electron chi connectivity index (χ3n) is 7.06. The average molecular weight is 539 g/mol. The number of hydrogen-bond acceptors (Lipinski definition) is 4. The van der Waals surface area contributed by atoms with E-state index in [4.69, 9.17) is 0 Å². The van der Waals surface area contributed by atoms with Crippen LogP contribution in [0.15, 0.2) is 110 Å². The van der Waals surface area contributed by atoms with Crippen LogP contribution < -0.4 is 5.32 Å². The van der Waals surface area contributed by atoms with Crippen LogP contribution >= 0.6 is 0 Å². The second-order valence-electron chi connectivity index (χ2n) is 9.85. The van der Waals surface area contributed by atoms with Gasteiger partial charge in [0.05, 0.1) is 41.2 Å². The Morgan fingerprint density at radius 3 is 2.51 bits per heavy atom. The number of carbonyl (C=O) groups is 1. The van der Waals surface area contributed by atoms with Gasteiger partial charge in [0.1, 0.15) is 11.5 Å². The first-order valence-electron chi connectivity index (χ1n) is 13.1. The van der Waals surface area contributed by atoms with Crippen LogP contribution in [0.3, 0.4) is 0 Å². The number of carbonyl (C=O) groups excluding carboxylic acids is 1. The number of rotatable bonds is 6. The summed E-state index contributed by atoms with van der Waals surface area (Å²) in [5.41, 5.74) is 8.25. The number of aromatic amines is 2. The molecule has 1 amide bonds. The van der Waals surface area contributed by atoms with Gasteiger partial charge in [-0.2, -0.15) is 5.10 Å². The summed E-state index contributed by atoms with van der Waals surface area (Å²) in [6.07, 6.45) is 7.20. The van der Waals surface area contributed by atoms with Crippen molar-refractivity contribution in [3.05, 3.63) is 121 Å². The molecule has 0 fully saturated rings. The van der Waals surface area contributed by atoms with Gasteiger partial charge in [-0.1, -0.05) is 48.5 Å². The molecule has 3 N–H and O–H groups in total. The minimum absolute atomic E-state index is 0.103. The maximum atomic E-state index is 13.9. The highest BCUT2D eigenvalue weighted by molar-refractivity contribution is 6.01. The van der Waals surface area contributed by atoms with Crippen molar-refractivity contribution in [2.45, 2.75) is 6.42 Å². The fraction of sp³-hybridized carbons (Fsp3) is 0.0303. The lowest BCUT2D eigenvalue weighted by Gasteiger charge is -2.08. The second kappa shape index (κ2) is 10.2. The predicted octanol–water partition coefficient (Wildman–Crippen LogP) is 7.16. The fourth-order valence-corrected chi connectivity index (χ4v) is 5.12. The number of pyridine rings is 2. The van der Waals surface area contributed by atoms with E-state index in [2.05, 4.69) is 36.5 Å². The Labute approximate surface area is 234 Å². The van der Waals surface area contributed by atoms with Gasteiger partial charge in [0, 0.05) is 34.3 Å². The largest absolute Gasteiger partial charge is 0.352 e. The molecule has 0 radical (unpaired) electrons. The summed E-state index contributed by atoms with van der Waals surface area (Å²) in [4.78, 5) is 24.8. The minimum atomic E-state index is -0.296. The number of amides is 1. The molecule has 41 heavy (non-hydrogen) atoms. The molecule has 7 nitrogen and oxygen atoms in total. The molecule has 0 atom stereocenters. The van der Waals surface area contributed by atoms with E-state index < -0.39 is 0 Å². The molecular weight excluding hydrogens is 515 g/mol. The van der Waals surface area contributed by atoms with Crippen molar-refractivity contribution in [1.29, 1.82) is 0 Å². The van der Waals surface area contributed by atoms with Crippen LogP contribution in [0.2, 0.25) is 0 Å². The molecule has 0 aliphatic heterocycles. The van der Waals surface area contributed by atoms with Gasteiger partial charge in [-0.25, -0.2) is 4.39 Å². The topological polar surface area (TPSA) is 99.3 Å². The number of anilines is 1. The molecule has 0 aliphatic carbocycles. The molecule has 0 saturated heterocycles. The Morgan fingerprint density at radius 1 is 0.756 bits per heavy atom. The van der Waals surface area contributed by atoms with E-state index in [0.29, 0.717) is 5.69 Å². The molecule has 0 saturated carbocycles. The summed E-state index contributed by atoms with van der Waals surface area (Å²) >= 11 is 0. The van der Waals surface area contributed by atoms with Crippen LogP contribution in [-0.4, -0.2) is 31.1 Å². The third kappa shape index (κ3) is 4.83. The first-order valence-corrected chi connectivity index (χ1v) is 13.1. The molecule has 0 unspecified atom stereocenters. The van der Waals surface area contributed by atoms with Gasteiger partial charge >= 0.3 is 0 Å². The average Bonchev–Trinajstić information content (AvgIpc) is 3.61. The fourth-order valence-electron chi connectivity index (χ4n) is 5.12. The lowest BCUT2D eigenvalue weighted by Crippen LogP contribution is -2.14. The van der Waals surface area contributed by atoms with E-state index in [1.807, 2.05) is 60.7 Å². The van der Waals surface area contributed by atoms with Gasteiger partial charge in [0.25, 0.3) is 0 Å². The number of nitrogens with zero attached hydrogens (tertiary/aromatic N) is 3. The maximum Gasteiger partial charge on any atom is 0.228 e. The number of fused-ring (bicyclic) bond motifs is 2. The van der Waals surface area contributed by atoms with E-state index in [9.17, 15) is 9.18 Å². The van der Waals surface area contributed by atoms with E-state index in [0.717, 1.165) is 61.0 Å². The third-order valence-corrected chi connectivity index (χ3v) is 7.06. The van der Waals surface area contributed by atoms with Crippen molar-refractivity contribution < 1.29 is 9.18 Å². The Morgan fingerprint density at radius 2 is 1.63 bits per heavy atom. The van der Waals surface area contributed by atoms with Gasteiger partial charge in [0.15, 0.2) is 0 Å². The normalized spacial score (nSPS) is 11.2. The summed E-state index contributed by atoms with van der Waals surface area (Å²) in [6.45, 7) is 0. The number of hydrogen-bond donors (Lipinski definition) is 3. The van der Waals surface area contributed by atoms with Crippen molar-refractivity contribution in [1.82, 2.24) is 25.1 Å². The molecule has 0 bridgehead atoms. The first-order chi connectivity index (χ1) is 20.1. The Bertz CT molecular complexity index is 2050. The molecule has 3 aromatic carbocycles. The summed E-state index contributed by atoms with van der Waals surface area (Å²) < 4.78 is 13.9. The highest BCUT2D eigenvalue weighted by atomic mass is 19.1. The zero-order valence-corrected chi connectivity index (χ0v) is 21.7. The molecule has 0 spiro atoms. The summed E-state index contributed by atoms with van der Waals surface area (Å²) in [5.74, 6) is -0.399. The SMILES string of the molecule is O=C(Cc1ccccc1)Nc1cncc(-c2ccc3[nH]nc(-c4cc5c(-c6cccc(F)c6)cncc5[nH]4)c3c2)c1. The van der Waals surface area contributed by atoms with Gasteiger partial charge in [-0.05, 0) is 53.1 Å². The van der Waals surface area contributed by atoms with Crippen molar-refractivity contribution in [2.75, 3.05) is 5.32 Å². The molecule has 4 aromatic heterocycles. The number of nitrogens with one attached hydrogen (secondary N) is 3. The van der Waals surface area contributed by atoms with E-state index in [1.165, 1.54) is 12.1 Å². The van der Waals surface area contributed by atoms with Crippen molar-refractivity contribution >= 4 is 33.4 Å². The number of H-pyrrole nitrogens is 2. The zero-order valence-electron chi connectivity index (χ0n) is 21.7. The predicted molar refractivity (Wildman–Crippen MR) is 159 cm³/mol. The smallest absolute Gasteiger partial charge is 0.228 e.